The van der Waals surface area contributed by atoms with Crippen molar-refractivity contribution in [1.29, 1.82) is 0 Å². The van der Waals surface area contributed by atoms with Crippen molar-refractivity contribution in [1.82, 2.24) is 9.55 Å². The lowest BCUT2D eigenvalue weighted by Gasteiger charge is -2.10. The maximum atomic E-state index is 13.5. The number of anilines is 1. The van der Waals surface area contributed by atoms with Crippen LogP contribution in [0.3, 0.4) is 0 Å². The molecule has 0 saturated heterocycles. The van der Waals surface area contributed by atoms with Crippen LogP contribution in [-0.4, -0.2) is 9.55 Å². The van der Waals surface area contributed by atoms with Crippen molar-refractivity contribution in [3.05, 3.63) is 35.4 Å². The van der Waals surface area contributed by atoms with E-state index < -0.39 is 0 Å². The SMILES string of the molecule is Cc1ccc(F)cc1-c1nc(C(C)C)n(C2CC2)c1N. The summed E-state index contributed by atoms with van der Waals surface area (Å²) in [5.41, 5.74) is 8.82. The number of halogens is 1. The summed E-state index contributed by atoms with van der Waals surface area (Å²) in [4.78, 5) is 4.71. The van der Waals surface area contributed by atoms with Crippen LogP contribution in [0.5, 0.6) is 0 Å². The van der Waals surface area contributed by atoms with Crippen molar-refractivity contribution < 1.29 is 4.39 Å². The normalized spacial score (nSPS) is 15.1. The molecule has 106 valence electrons. The Morgan fingerprint density at radius 1 is 1.35 bits per heavy atom. The van der Waals surface area contributed by atoms with Gasteiger partial charge in [-0.3, -0.25) is 0 Å². The molecule has 2 N–H and O–H groups in total. The van der Waals surface area contributed by atoms with Gasteiger partial charge in [0.15, 0.2) is 0 Å². The smallest absolute Gasteiger partial charge is 0.132 e. The van der Waals surface area contributed by atoms with Gasteiger partial charge in [0, 0.05) is 17.5 Å². The predicted molar refractivity (Wildman–Crippen MR) is 79.1 cm³/mol. The zero-order chi connectivity index (χ0) is 14.4. The summed E-state index contributed by atoms with van der Waals surface area (Å²) in [6, 6.07) is 5.24. The second-order valence-corrected chi connectivity index (χ2v) is 5.92. The molecule has 3 rings (SSSR count). The molecule has 20 heavy (non-hydrogen) atoms. The second kappa shape index (κ2) is 4.62. The van der Waals surface area contributed by atoms with Crippen LogP contribution in [0.2, 0.25) is 0 Å². The first-order valence-electron chi connectivity index (χ1n) is 7.13. The van der Waals surface area contributed by atoms with E-state index in [0.717, 1.165) is 35.5 Å². The Morgan fingerprint density at radius 2 is 2.05 bits per heavy atom. The van der Waals surface area contributed by atoms with E-state index in [1.54, 1.807) is 6.07 Å². The Balaban J connectivity index is 2.19. The molecule has 2 aromatic rings. The summed E-state index contributed by atoms with van der Waals surface area (Å²) >= 11 is 0. The van der Waals surface area contributed by atoms with Crippen LogP contribution >= 0.6 is 0 Å². The molecule has 1 heterocycles. The fraction of sp³-hybridized carbons (Fsp3) is 0.438. The molecule has 0 radical (unpaired) electrons. The van der Waals surface area contributed by atoms with Crippen molar-refractivity contribution in [2.75, 3.05) is 5.73 Å². The Labute approximate surface area is 118 Å². The summed E-state index contributed by atoms with van der Waals surface area (Å²) in [5.74, 6) is 1.73. The number of nitrogens with zero attached hydrogens (tertiary/aromatic N) is 2. The van der Waals surface area contributed by atoms with Gasteiger partial charge in [-0.05, 0) is 37.5 Å². The number of hydrogen-bond donors (Lipinski definition) is 1. The molecule has 0 amide bonds. The number of aromatic nitrogens is 2. The van der Waals surface area contributed by atoms with Crippen LogP contribution in [0.4, 0.5) is 10.2 Å². The molecular formula is C16H20FN3. The third-order valence-corrected chi connectivity index (χ3v) is 3.86. The Kier molecular flexibility index (Phi) is 3.04. The first-order valence-corrected chi connectivity index (χ1v) is 7.13. The molecule has 0 aliphatic heterocycles. The van der Waals surface area contributed by atoms with Gasteiger partial charge in [0.05, 0.1) is 0 Å². The van der Waals surface area contributed by atoms with Crippen LogP contribution < -0.4 is 5.73 Å². The van der Waals surface area contributed by atoms with E-state index in [-0.39, 0.29) is 5.82 Å². The highest BCUT2D eigenvalue weighted by atomic mass is 19.1. The first-order chi connectivity index (χ1) is 9.49. The van der Waals surface area contributed by atoms with Crippen molar-refractivity contribution in [2.45, 2.75) is 45.6 Å². The lowest BCUT2D eigenvalue weighted by Crippen LogP contribution is -2.06. The minimum Gasteiger partial charge on any atom is -0.383 e. The highest BCUT2D eigenvalue weighted by Gasteiger charge is 2.31. The molecule has 0 unspecified atom stereocenters. The monoisotopic (exact) mass is 273 g/mol. The maximum absolute atomic E-state index is 13.5. The molecule has 1 aliphatic carbocycles. The molecule has 0 spiro atoms. The molecule has 1 saturated carbocycles. The summed E-state index contributed by atoms with van der Waals surface area (Å²) < 4.78 is 15.7. The van der Waals surface area contributed by atoms with E-state index in [1.165, 1.54) is 12.1 Å². The van der Waals surface area contributed by atoms with Crippen molar-refractivity contribution in [2.24, 2.45) is 0 Å². The molecule has 3 nitrogen and oxygen atoms in total. The molecule has 1 aliphatic rings. The number of imidazole rings is 1. The molecule has 4 heteroatoms. The molecule has 0 atom stereocenters. The number of aryl methyl sites for hydroxylation is 1. The van der Waals surface area contributed by atoms with E-state index in [4.69, 9.17) is 10.7 Å². The van der Waals surface area contributed by atoms with E-state index >= 15 is 0 Å². The van der Waals surface area contributed by atoms with Gasteiger partial charge in [-0.15, -0.1) is 0 Å². The van der Waals surface area contributed by atoms with Crippen molar-refractivity contribution in [3.63, 3.8) is 0 Å². The Hall–Kier alpha value is -1.84. The third kappa shape index (κ3) is 2.09. The standard InChI is InChI=1S/C16H20FN3/c1-9(2)16-19-14(15(18)20(16)12-6-7-12)13-8-11(17)5-4-10(13)3/h4-5,8-9,12H,6-7,18H2,1-3H3. The predicted octanol–water partition coefficient (Wildman–Crippen LogP) is 4.04. The van der Waals surface area contributed by atoms with Crippen LogP contribution in [0.25, 0.3) is 11.3 Å². The van der Waals surface area contributed by atoms with Gasteiger partial charge in [-0.2, -0.15) is 0 Å². The van der Waals surface area contributed by atoms with Gasteiger partial charge < -0.3 is 10.3 Å². The molecule has 1 aromatic heterocycles. The zero-order valence-corrected chi connectivity index (χ0v) is 12.2. The lowest BCUT2D eigenvalue weighted by atomic mass is 10.1. The van der Waals surface area contributed by atoms with Gasteiger partial charge in [-0.1, -0.05) is 19.9 Å². The molecule has 1 aromatic carbocycles. The lowest BCUT2D eigenvalue weighted by molar-refractivity contribution is 0.628. The van der Waals surface area contributed by atoms with E-state index in [9.17, 15) is 4.39 Å². The second-order valence-electron chi connectivity index (χ2n) is 5.92. The van der Waals surface area contributed by atoms with Crippen LogP contribution in [0, 0.1) is 12.7 Å². The summed E-state index contributed by atoms with van der Waals surface area (Å²) in [6.45, 7) is 6.19. The van der Waals surface area contributed by atoms with E-state index in [0.29, 0.717) is 17.8 Å². The minimum absolute atomic E-state index is 0.253. The minimum atomic E-state index is -0.253. The van der Waals surface area contributed by atoms with Crippen LogP contribution in [0.1, 0.15) is 50.0 Å². The van der Waals surface area contributed by atoms with Crippen molar-refractivity contribution >= 4 is 5.82 Å². The first kappa shape index (κ1) is 13.2. The average Bonchev–Trinajstić information content (AvgIpc) is 3.16. The van der Waals surface area contributed by atoms with E-state index in [1.807, 2.05) is 6.92 Å². The van der Waals surface area contributed by atoms with Gasteiger partial charge in [-0.25, -0.2) is 9.37 Å². The van der Waals surface area contributed by atoms with Crippen molar-refractivity contribution in [3.8, 4) is 11.3 Å². The number of nitrogens with two attached hydrogens (primary N) is 1. The van der Waals surface area contributed by atoms with E-state index in [2.05, 4.69) is 18.4 Å². The number of benzene rings is 1. The Bertz CT molecular complexity index is 654. The summed E-state index contributed by atoms with van der Waals surface area (Å²) in [6.07, 6.45) is 2.31. The molecule has 0 bridgehead atoms. The average molecular weight is 273 g/mol. The number of rotatable bonds is 3. The highest BCUT2D eigenvalue weighted by molar-refractivity contribution is 5.74. The maximum Gasteiger partial charge on any atom is 0.132 e. The fourth-order valence-electron chi connectivity index (χ4n) is 2.63. The number of nitrogen functional groups attached to an aromatic ring is 1. The molecular weight excluding hydrogens is 253 g/mol. The molecule has 1 fully saturated rings. The topological polar surface area (TPSA) is 43.8 Å². The van der Waals surface area contributed by atoms with Crippen LogP contribution in [0.15, 0.2) is 18.2 Å². The fourth-order valence-corrected chi connectivity index (χ4v) is 2.63. The van der Waals surface area contributed by atoms with Gasteiger partial charge >= 0.3 is 0 Å². The van der Waals surface area contributed by atoms with Gasteiger partial charge in [0.25, 0.3) is 0 Å². The third-order valence-electron chi connectivity index (χ3n) is 3.86. The number of hydrogen-bond acceptors (Lipinski definition) is 2. The van der Waals surface area contributed by atoms with Gasteiger partial charge in [0.2, 0.25) is 0 Å². The summed E-state index contributed by atoms with van der Waals surface area (Å²) in [7, 11) is 0. The largest absolute Gasteiger partial charge is 0.383 e. The Morgan fingerprint density at radius 3 is 2.65 bits per heavy atom. The summed E-state index contributed by atoms with van der Waals surface area (Å²) in [5, 5.41) is 0. The quantitative estimate of drug-likeness (QED) is 0.917. The van der Waals surface area contributed by atoms with Gasteiger partial charge in [0.1, 0.15) is 23.2 Å². The highest BCUT2D eigenvalue weighted by Crippen LogP contribution is 2.42. The van der Waals surface area contributed by atoms with Crippen LogP contribution in [-0.2, 0) is 0 Å². The zero-order valence-electron chi connectivity index (χ0n) is 12.2.